The number of halogens is 2. The Morgan fingerprint density at radius 3 is 2.64 bits per heavy atom. The maximum atomic E-state index is 5.91. The van der Waals surface area contributed by atoms with Gasteiger partial charge in [0.05, 0.1) is 24.3 Å². The van der Waals surface area contributed by atoms with Gasteiger partial charge in [0.2, 0.25) is 5.82 Å². The highest BCUT2D eigenvalue weighted by atomic mass is 79.9. The summed E-state index contributed by atoms with van der Waals surface area (Å²) in [6.07, 6.45) is 0. The molecule has 0 spiro atoms. The molecule has 0 bridgehead atoms. The number of methoxy groups -OCH3 is 2. The van der Waals surface area contributed by atoms with Crippen molar-refractivity contribution in [3.63, 3.8) is 0 Å². The van der Waals surface area contributed by atoms with Gasteiger partial charge in [-0.05, 0) is 46.3 Å². The summed E-state index contributed by atoms with van der Waals surface area (Å²) in [5, 5.41) is 4.60. The van der Waals surface area contributed by atoms with E-state index in [2.05, 4.69) is 26.1 Å². The summed E-state index contributed by atoms with van der Waals surface area (Å²) in [7, 11) is 3.16. The lowest BCUT2D eigenvalue weighted by Crippen LogP contribution is -1.96. The molecular weight excluding hydrogens is 412 g/mol. The summed E-state index contributed by atoms with van der Waals surface area (Å²) < 4.78 is 22.2. The third-order valence-electron chi connectivity index (χ3n) is 3.36. The zero-order valence-corrected chi connectivity index (χ0v) is 15.8. The molecule has 1 heterocycles. The molecule has 0 saturated heterocycles. The largest absolute Gasteiger partial charge is 0.497 e. The summed E-state index contributed by atoms with van der Waals surface area (Å²) in [6, 6.07) is 10.6. The topological polar surface area (TPSA) is 66.6 Å². The van der Waals surface area contributed by atoms with Gasteiger partial charge in [0.25, 0.3) is 5.89 Å². The van der Waals surface area contributed by atoms with Gasteiger partial charge in [-0.2, -0.15) is 4.98 Å². The highest BCUT2D eigenvalue weighted by Gasteiger charge is 2.15. The summed E-state index contributed by atoms with van der Waals surface area (Å²) in [6.45, 7) is 0.131. The van der Waals surface area contributed by atoms with E-state index in [9.17, 15) is 0 Å². The van der Waals surface area contributed by atoms with Crippen LogP contribution in [-0.2, 0) is 6.61 Å². The predicted molar refractivity (Wildman–Crippen MR) is 96.3 cm³/mol. The average molecular weight is 426 g/mol. The van der Waals surface area contributed by atoms with Gasteiger partial charge in [-0.1, -0.05) is 16.8 Å². The normalized spacial score (nSPS) is 10.6. The molecule has 0 aliphatic heterocycles. The van der Waals surface area contributed by atoms with Crippen LogP contribution in [0.15, 0.2) is 45.4 Å². The maximum Gasteiger partial charge on any atom is 0.264 e. The second kappa shape index (κ2) is 7.76. The zero-order chi connectivity index (χ0) is 17.8. The number of rotatable bonds is 6. The van der Waals surface area contributed by atoms with Crippen molar-refractivity contribution < 1.29 is 18.7 Å². The molecule has 0 aliphatic rings. The molecular formula is C17H14BrClN2O4. The highest BCUT2D eigenvalue weighted by Crippen LogP contribution is 2.32. The molecule has 0 radical (unpaired) electrons. The minimum atomic E-state index is 0.131. The van der Waals surface area contributed by atoms with Crippen LogP contribution in [0.25, 0.3) is 11.4 Å². The molecule has 0 atom stereocenters. The molecule has 0 unspecified atom stereocenters. The second-order valence-corrected chi connectivity index (χ2v) is 6.23. The molecule has 3 rings (SSSR count). The Kier molecular flexibility index (Phi) is 5.45. The molecule has 6 nitrogen and oxygen atoms in total. The van der Waals surface area contributed by atoms with Crippen LogP contribution in [0, 0.1) is 0 Å². The van der Waals surface area contributed by atoms with Crippen LogP contribution in [-0.4, -0.2) is 24.4 Å². The van der Waals surface area contributed by atoms with E-state index >= 15 is 0 Å². The fourth-order valence-corrected chi connectivity index (χ4v) is 2.94. The highest BCUT2D eigenvalue weighted by molar-refractivity contribution is 9.10. The smallest absolute Gasteiger partial charge is 0.264 e. The van der Waals surface area contributed by atoms with E-state index in [1.165, 1.54) is 0 Å². The molecule has 0 fully saturated rings. The Labute approximate surface area is 157 Å². The van der Waals surface area contributed by atoms with Crippen molar-refractivity contribution in [2.45, 2.75) is 6.61 Å². The van der Waals surface area contributed by atoms with Crippen LogP contribution < -0.4 is 14.2 Å². The van der Waals surface area contributed by atoms with Gasteiger partial charge in [0.15, 0.2) is 6.61 Å². The second-order valence-electron chi connectivity index (χ2n) is 4.94. The third-order valence-corrected chi connectivity index (χ3v) is 4.22. The quantitative estimate of drug-likeness (QED) is 0.568. The molecule has 1 aromatic heterocycles. The molecule has 0 amide bonds. The van der Waals surface area contributed by atoms with Gasteiger partial charge >= 0.3 is 0 Å². The van der Waals surface area contributed by atoms with Crippen molar-refractivity contribution in [1.82, 2.24) is 10.1 Å². The standard InChI is InChI=1S/C17H14BrClN2O4/c1-22-11-4-5-12(15(8-11)23-2)17-20-16(25-21-17)9-24-14-6-3-10(19)7-13(14)18/h3-8H,9H2,1-2H3. The fourth-order valence-electron chi connectivity index (χ4n) is 2.14. The fraction of sp³-hybridized carbons (Fsp3) is 0.176. The van der Waals surface area contributed by atoms with Crippen LogP contribution >= 0.6 is 27.5 Å². The van der Waals surface area contributed by atoms with Crippen molar-refractivity contribution >= 4 is 27.5 Å². The van der Waals surface area contributed by atoms with Crippen LogP contribution in [0.1, 0.15) is 5.89 Å². The van der Waals surface area contributed by atoms with E-state index < -0.39 is 0 Å². The first-order valence-electron chi connectivity index (χ1n) is 7.23. The number of hydrogen-bond acceptors (Lipinski definition) is 6. The number of hydrogen-bond donors (Lipinski definition) is 0. The van der Waals surface area contributed by atoms with E-state index in [1.54, 1.807) is 44.6 Å². The number of aromatic nitrogens is 2. The molecule has 0 saturated carbocycles. The lowest BCUT2D eigenvalue weighted by molar-refractivity contribution is 0.242. The summed E-state index contributed by atoms with van der Waals surface area (Å²) in [5.74, 6) is 2.66. The van der Waals surface area contributed by atoms with Crippen molar-refractivity contribution in [1.29, 1.82) is 0 Å². The lowest BCUT2D eigenvalue weighted by atomic mass is 10.2. The van der Waals surface area contributed by atoms with Crippen LogP contribution in [0.3, 0.4) is 0 Å². The van der Waals surface area contributed by atoms with Crippen molar-refractivity contribution in [3.05, 3.63) is 51.8 Å². The Balaban J connectivity index is 1.76. The molecule has 3 aromatic rings. The van der Waals surface area contributed by atoms with Crippen LogP contribution in [0.4, 0.5) is 0 Å². The first-order valence-corrected chi connectivity index (χ1v) is 8.40. The van der Waals surface area contributed by atoms with Gasteiger partial charge in [-0.25, -0.2) is 0 Å². The monoisotopic (exact) mass is 424 g/mol. The first kappa shape index (κ1) is 17.6. The molecule has 130 valence electrons. The van der Waals surface area contributed by atoms with Crippen molar-refractivity contribution in [3.8, 4) is 28.6 Å². The number of nitrogens with zero attached hydrogens (tertiary/aromatic N) is 2. The molecule has 0 aliphatic carbocycles. The van der Waals surface area contributed by atoms with E-state index in [1.807, 2.05) is 6.07 Å². The van der Waals surface area contributed by atoms with Crippen LogP contribution in [0.2, 0.25) is 5.02 Å². The number of ether oxygens (including phenoxy) is 3. The van der Waals surface area contributed by atoms with E-state index in [4.69, 9.17) is 30.3 Å². The van der Waals surface area contributed by atoms with Gasteiger partial charge in [0, 0.05) is 11.1 Å². The van der Waals surface area contributed by atoms with E-state index in [0.29, 0.717) is 39.5 Å². The average Bonchev–Trinajstić information content (AvgIpc) is 3.09. The van der Waals surface area contributed by atoms with Gasteiger partial charge in [0.1, 0.15) is 17.2 Å². The summed E-state index contributed by atoms with van der Waals surface area (Å²) in [4.78, 5) is 4.34. The summed E-state index contributed by atoms with van der Waals surface area (Å²) in [5.41, 5.74) is 0.700. The summed E-state index contributed by atoms with van der Waals surface area (Å²) >= 11 is 9.30. The van der Waals surface area contributed by atoms with Crippen molar-refractivity contribution in [2.24, 2.45) is 0 Å². The van der Waals surface area contributed by atoms with Crippen molar-refractivity contribution in [2.75, 3.05) is 14.2 Å². The predicted octanol–water partition coefficient (Wildman–Crippen LogP) is 4.75. The van der Waals surface area contributed by atoms with E-state index in [-0.39, 0.29) is 6.61 Å². The lowest BCUT2D eigenvalue weighted by Gasteiger charge is -2.07. The minimum absolute atomic E-state index is 0.131. The maximum absolute atomic E-state index is 5.91. The van der Waals surface area contributed by atoms with Gasteiger partial charge in [-0.15, -0.1) is 0 Å². The Morgan fingerprint density at radius 2 is 1.92 bits per heavy atom. The Bertz CT molecular complexity index is 885. The van der Waals surface area contributed by atoms with E-state index in [0.717, 1.165) is 4.47 Å². The van der Waals surface area contributed by atoms with Gasteiger partial charge < -0.3 is 18.7 Å². The third kappa shape index (κ3) is 4.05. The first-order chi connectivity index (χ1) is 12.1. The molecule has 25 heavy (non-hydrogen) atoms. The minimum Gasteiger partial charge on any atom is -0.497 e. The molecule has 2 aromatic carbocycles. The number of benzene rings is 2. The zero-order valence-electron chi connectivity index (χ0n) is 13.5. The Morgan fingerprint density at radius 1 is 1.08 bits per heavy atom. The molecule has 0 N–H and O–H groups in total. The van der Waals surface area contributed by atoms with Gasteiger partial charge in [-0.3, -0.25) is 0 Å². The molecule has 8 heteroatoms. The SMILES string of the molecule is COc1ccc(-c2noc(COc3ccc(Cl)cc3Br)n2)c(OC)c1. The van der Waals surface area contributed by atoms with Crippen LogP contribution in [0.5, 0.6) is 17.2 Å². The Hall–Kier alpha value is -2.25.